The number of hydrogen-bond acceptors (Lipinski definition) is 6. The maximum Gasteiger partial charge on any atom is 0.325 e. The summed E-state index contributed by atoms with van der Waals surface area (Å²) in [4.78, 5) is 22.6. The van der Waals surface area contributed by atoms with Gasteiger partial charge < -0.3 is 9.84 Å². The average molecular weight is 311 g/mol. The fourth-order valence-electron chi connectivity index (χ4n) is 1.84. The number of aliphatic carboxylic acids is 1. The summed E-state index contributed by atoms with van der Waals surface area (Å²) >= 11 is 1.26. The van der Waals surface area contributed by atoms with Crippen molar-refractivity contribution in [1.29, 1.82) is 0 Å². The minimum Gasteiger partial charge on any atom is -0.480 e. The predicted molar refractivity (Wildman–Crippen MR) is 70.2 cm³/mol. The molecule has 7 nitrogen and oxygen atoms in total. The van der Waals surface area contributed by atoms with Gasteiger partial charge in [0.05, 0.1) is 12.5 Å². The molecule has 0 aromatic carbocycles. The third-order valence-electron chi connectivity index (χ3n) is 2.95. The summed E-state index contributed by atoms with van der Waals surface area (Å²) < 4.78 is 30.1. The molecule has 3 atom stereocenters. The number of ether oxygens (including phenoxy) is 1. The molecule has 0 aromatic rings. The largest absolute Gasteiger partial charge is 0.480 e. The lowest BCUT2D eigenvalue weighted by atomic mass is 10.3. The molecule has 19 heavy (non-hydrogen) atoms. The van der Waals surface area contributed by atoms with Crippen molar-refractivity contribution in [3.05, 3.63) is 0 Å². The van der Waals surface area contributed by atoms with E-state index < -0.39 is 38.6 Å². The van der Waals surface area contributed by atoms with Gasteiger partial charge >= 0.3 is 11.9 Å². The molecule has 0 aromatic heterocycles. The molecule has 1 heterocycles. The maximum absolute atomic E-state index is 12.4. The van der Waals surface area contributed by atoms with Gasteiger partial charge in [-0.3, -0.25) is 9.59 Å². The summed E-state index contributed by atoms with van der Waals surface area (Å²) in [5.74, 6) is -1.92. The van der Waals surface area contributed by atoms with E-state index in [-0.39, 0.29) is 5.75 Å². The summed E-state index contributed by atoms with van der Waals surface area (Å²) in [6, 6.07) is -1.13. The van der Waals surface area contributed by atoms with Crippen LogP contribution in [-0.2, 0) is 24.3 Å². The number of rotatable bonds is 5. The Bertz CT molecular complexity index is 463. The van der Waals surface area contributed by atoms with Crippen molar-refractivity contribution in [2.75, 3.05) is 12.9 Å². The fraction of sp³-hybridized carbons (Fsp3) is 0.800. The van der Waals surface area contributed by atoms with Crippen molar-refractivity contribution < 1.29 is 27.9 Å². The first-order valence-corrected chi connectivity index (χ1v) is 8.27. The van der Waals surface area contributed by atoms with Crippen molar-refractivity contribution in [2.45, 2.75) is 36.9 Å². The van der Waals surface area contributed by atoms with Crippen LogP contribution in [0.2, 0.25) is 0 Å². The Balaban J connectivity index is 3.14. The first kappa shape index (κ1) is 16.3. The van der Waals surface area contributed by atoms with Gasteiger partial charge in [-0.15, -0.1) is 11.8 Å². The summed E-state index contributed by atoms with van der Waals surface area (Å²) in [5, 5.41) is 7.23. The number of methoxy groups -OCH3 is 1. The Morgan fingerprint density at radius 1 is 1.53 bits per heavy atom. The second kappa shape index (κ2) is 6.10. The monoisotopic (exact) mass is 311 g/mol. The highest BCUT2D eigenvalue weighted by Gasteiger charge is 2.48. The van der Waals surface area contributed by atoms with Crippen molar-refractivity contribution >= 4 is 33.7 Å². The van der Waals surface area contributed by atoms with Crippen LogP contribution in [0.4, 0.5) is 0 Å². The summed E-state index contributed by atoms with van der Waals surface area (Å²) in [7, 11) is -2.95. The molecule has 0 amide bonds. The van der Waals surface area contributed by atoms with Gasteiger partial charge in [-0.2, -0.15) is 4.31 Å². The normalized spacial score (nSPS) is 26.1. The Morgan fingerprint density at radius 3 is 2.53 bits per heavy atom. The van der Waals surface area contributed by atoms with Crippen molar-refractivity contribution in [3.8, 4) is 0 Å². The van der Waals surface area contributed by atoms with Crippen LogP contribution < -0.4 is 0 Å². The fourth-order valence-corrected chi connectivity index (χ4v) is 5.41. The van der Waals surface area contributed by atoms with E-state index in [0.29, 0.717) is 6.42 Å². The van der Waals surface area contributed by atoms with E-state index in [1.54, 1.807) is 6.92 Å². The Morgan fingerprint density at radius 2 is 2.11 bits per heavy atom. The number of carboxylic acid groups (broad SMARTS) is 1. The Kier molecular flexibility index (Phi) is 5.22. The molecule has 1 N–H and O–H groups in total. The Labute approximate surface area is 116 Å². The van der Waals surface area contributed by atoms with Gasteiger partial charge in [-0.1, -0.05) is 6.92 Å². The van der Waals surface area contributed by atoms with E-state index in [1.807, 2.05) is 0 Å². The maximum atomic E-state index is 12.4. The third kappa shape index (κ3) is 3.03. The highest BCUT2D eigenvalue weighted by Crippen LogP contribution is 2.35. The molecule has 1 saturated heterocycles. The van der Waals surface area contributed by atoms with Crippen LogP contribution in [-0.4, -0.2) is 59.3 Å². The summed E-state index contributed by atoms with van der Waals surface area (Å²) in [6.07, 6.45) is 0.474. The minimum atomic E-state index is -4.05. The second-order valence-electron chi connectivity index (χ2n) is 4.09. The van der Waals surface area contributed by atoms with Gasteiger partial charge in [0.15, 0.2) is 5.25 Å². The van der Waals surface area contributed by atoms with Crippen LogP contribution in [0.5, 0.6) is 0 Å². The van der Waals surface area contributed by atoms with E-state index >= 15 is 0 Å². The first-order chi connectivity index (χ1) is 8.77. The lowest BCUT2D eigenvalue weighted by Crippen LogP contribution is -2.50. The molecule has 1 fully saturated rings. The van der Waals surface area contributed by atoms with Gasteiger partial charge in [0.1, 0.15) is 6.04 Å². The van der Waals surface area contributed by atoms with Crippen molar-refractivity contribution in [1.82, 2.24) is 4.31 Å². The molecule has 0 radical (unpaired) electrons. The average Bonchev–Trinajstić information content (AvgIpc) is 2.81. The minimum absolute atomic E-state index is 0.182. The number of sulfonamides is 1. The molecule has 0 bridgehead atoms. The van der Waals surface area contributed by atoms with Crippen LogP contribution in [0, 0.1) is 0 Å². The molecule has 1 aliphatic rings. The molecule has 0 saturated carbocycles. The molecule has 1 rings (SSSR count). The predicted octanol–water partition coefficient (Wildman–Crippen LogP) is 0.116. The van der Waals surface area contributed by atoms with Crippen LogP contribution in [0.15, 0.2) is 0 Å². The molecule has 9 heteroatoms. The van der Waals surface area contributed by atoms with Crippen LogP contribution in [0.3, 0.4) is 0 Å². The SMILES string of the molecule is CCC1SCC(C(=O)O)N1S(=O)(=O)C(C)C(=O)OC. The second-order valence-corrected chi connectivity index (χ2v) is 7.46. The van der Waals surface area contributed by atoms with E-state index in [4.69, 9.17) is 5.11 Å². The van der Waals surface area contributed by atoms with Crippen molar-refractivity contribution in [2.24, 2.45) is 0 Å². The highest BCUT2D eigenvalue weighted by molar-refractivity contribution is 8.01. The number of hydrogen-bond donors (Lipinski definition) is 1. The van der Waals surface area contributed by atoms with Crippen LogP contribution in [0.1, 0.15) is 20.3 Å². The van der Waals surface area contributed by atoms with Crippen molar-refractivity contribution in [3.63, 3.8) is 0 Å². The summed E-state index contributed by atoms with van der Waals surface area (Å²) in [6.45, 7) is 2.98. The standard InChI is InChI=1S/C10H17NO6S2/c1-4-8-11(7(5-18-8)9(12)13)19(15,16)6(2)10(14)17-3/h6-8H,4-5H2,1-3H3,(H,12,13). The number of carbonyl (C=O) groups excluding carboxylic acids is 1. The number of nitrogens with zero attached hydrogens (tertiary/aromatic N) is 1. The van der Waals surface area contributed by atoms with Gasteiger partial charge in [0.25, 0.3) is 0 Å². The zero-order valence-corrected chi connectivity index (χ0v) is 12.5. The lowest BCUT2D eigenvalue weighted by molar-refractivity contribution is -0.142. The lowest BCUT2D eigenvalue weighted by Gasteiger charge is -2.27. The van der Waals surface area contributed by atoms with Crippen LogP contribution >= 0.6 is 11.8 Å². The topological polar surface area (TPSA) is 101 Å². The van der Waals surface area contributed by atoms with Gasteiger partial charge in [0, 0.05) is 5.75 Å². The quantitative estimate of drug-likeness (QED) is 0.719. The number of esters is 1. The molecular formula is C10H17NO6S2. The molecule has 0 aliphatic carbocycles. The smallest absolute Gasteiger partial charge is 0.325 e. The third-order valence-corrected chi connectivity index (χ3v) is 6.72. The summed E-state index contributed by atoms with van der Waals surface area (Å²) in [5.41, 5.74) is 0. The zero-order valence-electron chi connectivity index (χ0n) is 10.9. The van der Waals surface area contributed by atoms with Gasteiger partial charge in [-0.05, 0) is 13.3 Å². The molecule has 1 aliphatic heterocycles. The van der Waals surface area contributed by atoms with E-state index in [1.165, 1.54) is 18.7 Å². The molecular weight excluding hydrogens is 294 g/mol. The molecule has 110 valence electrons. The number of carbonyl (C=O) groups is 2. The van der Waals surface area contributed by atoms with Crippen LogP contribution in [0.25, 0.3) is 0 Å². The van der Waals surface area contributed by atoms with E-state index in [0.717, 1.165) is 11.4 Å². The highest BCUT2D eigenvalue weighted by atomic mass is 32.2. The van der Waals surface area contributed by atoms with E-state index in [2.05, 4.69) is 4.74 Å². The van der Waals surface area contributed by atoms with Gasteiger partial charge in [0.2, 0.25) is 10.0 Å². The zero-order chi connectivity index (χ0) is 14.8. The number of thioether (sulfide) groups is 1. The first-order valence-electron chi connectivity index (χ1n) is 5.71. The Hall–Kier alpha value is -0.800. The van der Waals surface area contributed by atoms with Gasteiger partial charge in [-0.25, -0.2) is 8.42 Å². The number of carboxylic acids is 1. The molecule has 0 spiro atoms. The van der Waals surface area contributed by atoms with E-state index in [9.17, 15) is 18.0 Å². The molecule has 3 unspecified atom stereocenters.